The van der Waals surface area contributed by atoms with E-state index in [-0.39, 0.29) is 0 Å². The van der Waals surface area contributed by atoms with Crippen molar-refractivity contribution in [1.82, 2.24) is 14.5 Å². The van der Waals surface area contributed by atoms with Gasteiger partial charge in [-0.25, -0.2) is 9.97 Å². The van der Waals surface area contributed by atoms with Gasteiger partial charge in [-0.3, -0.25) is 0 Å². The Morgan fingerprint density at radius 2 is 2.16 bits per heavy atom. The van der Waals surface area contributed by atoms with Gasteiger partial charge in [-0.15, -0.1) is 11.3 Å². The molecule has 0 radical (unpaired) electrons. The van der Waals surface area contributed by atoms with Crippen molar-refractivity contribution >= 4 is 17.3 Å². The predicted molar refractivity (Wildman–Crippen MR) is 77.9 cm³/mol. The second-order valence-electron chi connectivity index (χ2n) is 4.49. The molecule has 1 N–H and O–H groups in total. The molecule has 0 saturated carbocycles. The number of aryl methyl sites for hydroxylation is 2. The van der Waals surface area contributed by atoms with Gasteiger partial charge in [-0.1, -0.05) is 0 Å². The van der Waals surface area contributed by atoms with Crippen LogP contribution in [0.5, 0.6) is 0 Å². The maximum atomic E-state index is 5.04. The minimum atomic E-state index is 0.762. The van der Waals surface area contributed by atoms with Crippen LogP contribution in [-0.2, 0) is 11.3 Å². The van der Waals surface area contributed by atoms with Crippen LogP contribution in [0.1, 0.15) is 22.8 Å². The first-order valence-corrected chi connectivity index (χ1v) is 7.24. The molecule has 0 saturated heterocycles. The van der Waals surface area contributed by atoms with Gasteiger partial charge in [0.15, 0.2) is 0 Å². The monoisotopic (exact) mass is 280 g/mol. The molecule has 2 rings (SSSR count). The maximum absolute atomic E-state index is 5.04. The highest BCUT2D eigenvalue weighted by atomic mass is 32.1. The third-order valence-corrected chi connectivity index (χ3v) is 3.63. The van der Waals surface area contributed by atoms with Crippen molar-refractivity contribution in [1.29, 1.82) is 0 Å². The summed E-state index contributed by atoms with van der Waals surface area (Å²) in [5.41, 5.74) is 2.09. The predicted octanol–water partition coefficient (Wildman–Crippen LogP) is 2.45. The molecule has 0 amide bonds. The number of imidazole rings is 1. The third kappa shape index (κ3) is 4.04. The number of hydrogen-bond donors (Lipinski definition) is 1. The molecule has 0 aliphatic carbocycles. The highest BCUT2D eigenvalue weighted by Gasteiger charge is 2.07. The lowest BCUT2D eigenvalue weighted by Crippen LogP contribution is -2.10. The first-order valence-electron chi connectivity index (χ1n) is 6.36. The van der Waals surface area contributed by atoms with Crippen LogP contribution >= 0.6 is 11.3 Å². The standard InChI is InChI=1S/C13H20N4OS/c1-10-7-17(8-12-15-11(2)9-19-12)13(16-10)14-5-4-6-18-3/h7,9H,4-6,8H2,1-3H3,(H,14,16). The summed E-state index contributed by atoms with van der Waals surface area (Å²) in [4.78, 5) is 8.99. The number of hydrogen-bond acceptors (Lipinski definition) is 5. The molecule has 104 valence electrons. The lowest BCUT2D eigenvalue weighted by atomic mass is 10.4. The Morgan fingerprint density at radius 1 is 1.32 bits per heavy atom. The number of nitrogens with zero attached hydrogens (tertiary/aromatic N) is 3. The van der Waals surface area contributed by atoms with Crippen molar-refractivity contribution < 1.29 is 4.74 Å². The summed E-state index contributed by atoms with van der Waals surface area (Å²) in [6.07, 6.45) is 3.02. The molecule has 0 unspecified atom stereocenters. The minimum Gasteiger partial charge on any atom is -0.385 e. The van der Waals surface area contributed by atoms with Gasteiger partial charge in [-0.05, 0) is 20.3 Å². The molecule has 2 aromatic heterocycles. The van der Waals surface area contributed by atoms with Gasteiger partial charge in [0.2, 0.25) is 5.95 Å². The number of aromatic nitrogens is 3. The van der Waals surface area contributed by atoms with Crippen molar-refractivity contribution in [2.24, 2.45) is 0 Å². The SMILES string of the molecule is COCCCNc1nc(C)cn1Cc1nc(C)cs1. The highest BCUT2D eigenvalue weighted by Crippen LogP contribution is 2.15. The van der Waals surface area contributed by atoms with E-state index in [0.717, 1.165) is 48.5 Å². The Bertz CT molecular complexity index is 520. The zero-order valence-corrected chi connectivity index (χ0v) is 12.5. The Morgan fingerprint density at radius 3 is 2.84 bits per heavy atom. The van der Waals surface area contributed by atoms with Crippen molar-refractivity contribution in [3.8, 4) is 0 Å². The molecule has 0 aliphatic rings. The van der Waals surface area contributed by atoms with Crippen LogP contribution in [-0.4, -0.2) is 34.8 Å². The largest absolute Gasteiger partial charge is 0.385 e. The fourth-order valence-electron chi connectivity index (χ4n) is 1.85. The molecule has 0 spiro atoms. The smallest absolute Gasteiger partial charge is 0.203 e. The first kappa shape index (κ1) is 14.0. The Hall–Kier alpha value is -1.40. The summed E-state index contributed by atoms with van der Waals surface area (Å²) in [6, 6.07) is 0. The average Bonchev–Trinajstić information content (AvgIpc) is 2.92. The molecular formula is C13H20N4OS. The second kappa shape index (κ2) is 6.68. The number of methoxy groups -OCH3 is 1. The summed E-state index contributed by atoms with van der Waals surface area (Å²) < 4.78 is 7.15. The van der Waals surface area contributed by atoms with Crippen LogP contribution in [0.15, 0.2) is 11.6 Å². The van der Waals surface area contributed by atoms with Crippen molar-refractivity contribution in [2.75, 3.05) is 25.6 Å². The van der Waals surface area contributed by atoms with E-state index < -0.39 is 0 Å². The molecule has 0 fully saturated rings. The first-order chi connectivity index (χ1) is 9.19. The van der Waals surface area contributed by atoms with E-state index in [1.165, 1.54) is 0 Å². The number of nitrogens with one attached hydrogen (secondary N) is 1. The fourth-order valence-corrected chi connectivity index (χ4v) is 2.62. The second-order valence-corrected chi connectivity index (χ2v) is 5.43. The molecule has 2 heterocycles. The van der Waals surface area contributed by atoms with E-state index in [1.54, 1.807) is 18.4 Å². The lowest BCUT2D eigenvalue weighted by Gasteiger charge is -2.08. The van der Waals surface area contributed by atoms with Crippen LogP contribution < -0.4 is 5.32 Å². The van der Waals surface area contributed by atoms with Crippen molar-refractivity contribution in [3.63, 3.8) is 0 Å². The Balaban J connectivity index is 1.99. The Kier molecular flexibility index (Phi) is 4.93. The molecule has 0 aromatic carbocycles. The molecule has 19 heavy (non-hydrogen) atoms. The summed E-state index contributed by atoms with van der Waals surface area (Å²) in [7, 11) is 1.72. The number of ether oxygens (including phenoxy) is 1. The fraction of sp³-hybridized carbons (Fsp3) is 0.538. The van der Waals surface area contributed by atoms with E-state index >= 15 is 0 Å². The summed E-state index contributed by atoms with van der Waals surface area (Å²) in [6.45, 7) is 6.42. The van der Waals surface area contributed by atoms with Gasteiger partial charge in [0.25, 0.3) is 0 Å². The zero-order chi connectivity index (χ0) is 13.7. The van der Waals surface area contributed by atoms with E-state index in [4.69, 9.17) is 4.74 Å². The summed E-state index contributed by atoms with van der Waals surface area (Å²) in [5, 5.41) is 6.53. The van der Waals surface area contributed by atoms with Crippen LogP contribution in [0.4, 0.5) is 5.95 Å². The normalized spacial score (nSPS) is 10.9. The third-order valence-electron chi connectivity index (χ3n) is 2.68. The van der Waals surface area contributed by atoms with Crippen LogP contribution in [0.2, 0.25) is 0 Å². The van der Waals surface area contributed by atoms with Gasteiger partial charge in [-0.2, -0.15) is 0 Å². The van der Waals surface area contributed by atoms with Crippen LogP contribution in [0, 0.1) is 13.8 Å². The molecule has 0 atom stereocenters. The van der Waals surface area contributed by atoms with Gasteiger partial charge in [0.05, 0.1) is 12.2 Å². The van der Waals surface area contributed by atoms with Crippen molar-refractivity contribution in [3.05, 3.63) is 28.0 Å². The van der Waals surface area contributed by atoms with Crippen LogP contribution in [0.3, 0.4) is 0 Å². The van der Waals surface area contributed by atoms with Gasteiger partial charge < -0.3 is 14.6 Å². The van der Waals surface area contributed by atoms with Crippen molar-refractivity contribution in [2.45, 2.75) is 26.8 Å². The number of thiazole rings is 1. The van der Waals surface area contributed by atoms with E-state index in [1.807, 2.05) is 13.8 Å². The van der Waals surface area contributed by atoms with Crippen LogP contribution in [0.25, 0.3) is 0 Å². The van der Waals surface area contributed by atoms with Gasteiger partial charge in [0.1, 0.15) is 5.01 Å². The topological polar surface area (TPSA) is 52.0 Å². The molecule has 0 bridgehead atoms. The quantitative estimate of drug-likeness (QED) is 0.792. The molecule has 5 nitrogen and oxygen atoms in total. The van der Waals surface area contributed by atoms with E-state index in [2.05, 4.69) is 31.4 Å². The molecule has 6 heteroatoms. The highest BCUT2D eigenvalue weighted by molar-refractivity contribution is 7.09. The minimum absolute atomic E-state index is 0.762. The molecule has 2 aromatic rings. The van der Waals surface area contributed by atoms with E-state index in [0.29, 0.717) is 0 Å². The number of anilines is 1. The average molecular weight is 280 g/mol. The molecular weight excluding hydrogens is 260 g/mol. The Labute approximate surface area is 117 Å². The van der Waals surface area contributed by atoms with E-state index in [9.17, 15) is 0 Å². The van der Waals surface area contributed by atoms with Gasteiger partial charge in [0, 0.05) is 37.5 Å². The zero-order valence-electron chi connectivity index (χ0n) is 11.6. The summed E-state index contributed by atoms with van der Waals surface area (Å²) in [5.74, 6) is 0.904. The van der Waals surface area contributed by atoms with Gasteiger partial charge >= 0.3 is 0 Å². The maximum Gasteiger partial charge on any atom is 0.203 e. The lowest BCUT2D eigenvalue weighted by molar-refractivity contribution is 0.197. The summed E-state index contributed by atoms with van der Waals surface area (Å²) >= 11 is 1.69. The number of rotatable bonds is 7. The molecule has 0 aliphatic heterocycles.